The minimum Gasteiger partial charge on any atom is -0.490 e. The first-order chi connectivity index (χ1) is 12.4. The molecule has 0 bridgehead atoms. The van der Waals surface area contributed by atoms with Crippen molar-refractivity contribution in [3.8, 4) is 11.5 Å². The van der Waals surface area contributed by atoms with Crippen LogP contribution in [0, 0.1) is 0 Å². The molecular weight excluding hydrogens is 340 g/mol. The van der Waals surface area contributed by atoms with E-state index < -0.39 is 5.97 Å². The van der Waals surface area contributed by atoms with Crippen molar-refractivity contribution in [3.63, 3.8) is 0 Å². The molecule has 0 spiro atoms. The fourth-order valence-electron chi connectivity index (χ4n) is 2.33. The molecule has 9 nitrogen and oxygen atoms in total. The van der Waals surface area contributed by atoms with E-state index in [0.717, 1.165) is 5.56 Å². The summed E-state index contributed by atoms with van der Waals surface area (Å²) in [5.41, 5.74) is 0.647. The van der Waals surface area contributed by atoms with Crippen LogP contribution in [0.15, 0.2) is 24.4 Å². The van der Waals surface area contributed by atoms with E-state index in [2.05, 4.69) is 15.6 Å². The Balaban J connectivity index is 2.03. The zero-order chi connectivity index (χ0) is 19.1. The molecule has 140 valence electrons. The standard InChI is InChI=1S/C17H22N4O5/c1-4-25-14-7-6-12(8-15(14)26-5-2)11(3)18-16(22)10-21-9-13(17(23)24)19-20-21/h6-9,11H,4-5,10H2,1-3H3,(H,18,22)(H,23,24). The first kappa shape index (κ1) is 19.2. The summed E-state index contributed by atoms with van der Waals surface area (Å²) in [6.07, 6.45) is 1.21. The van der Waals surface area contributed by atoms with Crippen LogP contribution >= 0.6 is 0 Å². The van der Waals surface area contributed by atoms with Crippen molar-refractivity contribution in [1.29, 1.82) is 0 Å². The van der Waals surface area contributed by atoms with Gasteiger partial charge in [0.25, 0.3) is 0 Å². The molecule has 1 aromatic carbocycles. The fourth-order valence-corrected chi connectivity index (χ4v) is 2.33. The molecule has 2 aromatic rings. The highest BCUT2D eigenvalue weighted by Crippen LogP contribution is 2.30. The number of aromatic nitrogens is 3. The van der Waals surface area contributed by atoms with Gasteiger partial charge in [-0.15, -0.1) is 5.10 Å². The monoisotopic (exact) mass is 362 g/mol. The Labute approximate surface area is 150 Å². The summed E-state index contributed by atoms with van der Waals surface area (Å²) in [5, 5.41) is 18.7. The highest BCUT2D eigenvalue weighted by molar-refractivity contribution is 5.84. The molecule has 26 heavy (non-hydrogen) atoms. The van der Waals surface area contributed by atoms with E-state index in [-0.39, 0.29) is 24.2 Å². The first-order valence-corrected chi connectivity index (χ1v) is 8.26. The van der Waals surface area contributed by atoms with Gasteiger partial charge in [0.05, 0.1) is 25.5 Å². The molecule has 1 atom stereocenters. The quantitative estimate of drug-likeness (QED) is 0.697. The van der Waals surface area contributed by atoms with Crippen molar-refractivity contribution in [2.24, 2.45) is 0 Å². The van der Waals surface area contributed by atoms with Gasteiger partial charge in [-0.25, -0.2) is 9.48 Å². The number of carboxylic acid groups (broad SMARTS) is 1. The van der Waals surface area contributed by atoms with Gasteiger partial charge in [0.15, 0.2) is 17.2 Å². The van der Waals surface area contributed by atoms with Gasteiger partial charge in [0.2, 0.25) is 5.91 Å². The molecule has 0 fully saturated rings. The third kappa shape index (κ3) is 4.95. The minimum atomic E-state index is -1.19. The molecule has 0 aliphatic heterocycles. The third-order valence-corrected chi connectivity index (χ3v) is 3.51. The predicted molar refractivity (Wildman–Crippen MR) is 92.3 cm³/mol. The van der Waals surface area contributed by atoms with E-state index in [1.54, 1.807) is 0 Å². The highest BCUT2D eigenvalue weighted by atomic mass is 16.5. The average molecular weight is 362 g/mol. The van der Waals surface area contributed by atoms with Crippen molar-refractivity contribution < 1.29 is 24.2 Å². The van der Waals surface area contributed by atoms with Gasteiger partial charge >= 0.3 is 5.97 Å². The molecule has 0 aliphatic carbocycles. The lowest BCUT2D eigenvalue weighted by Crippen LogP contribution is -2.30. The maximum absolute atomic E-state index is 12.2. The second-order valence-corrected chi connectivity index (χ2v) is 5.47. The number of hydrogen-bond donors (Lipinski definition) is 2. The van der Waals surface area contributed by atoms with Gasteiger partial charge in [0, 0.05) is 0 Å². The van der Waals surface area contributed by atoms with E-state index >= 15 is 0 Å². The molecule has 0 radical (unpaired) electrons. The number of ether oxygens (including phenoxy) is 2. The van der Waals surface area contributed by atoms with Crippen molar-refractivity contribution >= 4 is 11.9 Å². The molecule has 0 saturated carbocycles. The summed E-state index contributed by atoms with van der Waals surface area (Å²) in [4.78, 5) is 22.9. The predicted octanol–water partition coefficient (Wildman–Crippen LogP) is 1.65. The van der Waals surface area contributed by atoms with E-state index in [1.165, 1.54) is 10.9 Å². The Morgan fingerprint density at radius 3 is 2.54 bits per heavy atom. The van der Waals surface area contributed by atoms with Crippen molar-refractivity contribution in [3.05, 3.63) is 35.7 Å². The number of nitrogens with zero attached hydrogens (tertiary/aromatic N) is 3. The number of benzene rings is 1. The van der Waals surface area contributed by atoms with Gasteiger partial charge in [-0.05, 0) is 38.5 Å². The number of rotatable bonds is 9. The van der Waals surface area contributed by atoms with Gasteiger partial charge in [0.1, 0.15) is 6.54 Å². The van der Waals surface area contributed by atoms with Crippen LogP contribution in [0.2, 0.25) is 0 Å². The second-order valence-electron chi connectivity index (χ2n) is 5.47. The third-order valence-electron chi connectivity index (χ3n) is 3.51. The number of carboxylic acids is 1. The Morgan fingerprint density at radius 1 is 1.23 bits per heavy atom. The van der Waals surface area contributed by atoms with Crippen LogP contribution in [0.4, 0.5) is 0 Å². The fraction of sp³-hybridized carbons (Fsp3) is 0.412. The first-order valence-electron chi connectivity index (χ1n) is 8.26. The summed E-state index contributed by atoms with van der Waals surface area (Å²) in [6, 6.07) is 5.22. The summed E-state index contributed by atoms with van der Waals surface area (Å²) in [6.45, 7) is 6.53. The maximum Gasteiger partial charge on any atom is 0.358 e. The Bertz CT molecular complexity index is 774. The number of carbonyl (C=O) groups excluding carboxylic acids is 1. The zero-order valence-corrected chi connectivity index (χ0v) is 14.9. The summed E-state index contributed by atoms with van der Waals surface area (Å²) in [7, 11) is 0. The Kier molecular flexibility index (Phi) is 6.54. The van der Waals surface area contributed by atoms with E-state index in [4.69, 9.17) is 14.6 Å². The largest absolute Gasteiger partial charge is 0.490 e. The van der Waals surface area contributed by atoms with Crippen LogP contribution in [0.1, 0.15) is 42.9 Å². The smallest absolute Gasteiger partial charge is 0.358 e. The molecular formula is C17H22N4O5. The molecule has 2 N–H and O–H groups in total. The summed E-state index contributed by atoms with van der Waals surface area (Å²) in [5.74, 6) is -0.232. The lowest BCUT2D eigenvalue weighted by atomic mass is 10.1. The molecule has 2 rings (SSSR count). The SMILES string of the molecule is CCOc1ccc(C(C)NC(=O)Cn2cc(C(=O)O)nn2)cc1OCC. The molecule has 1 amide bonds. The highest BCUT2D eigenvalue weighted by Gasteiger charge is 2.15. The lowest BCUT2D eigenvalue weighted by molar-refractivity contribution is -0.122. The lowest BCUT2D eigenvalue weighted by Gasteiger charge is -2.17. The summed E-state index contributed by atoms with van der Waals surface area (Å²) < 4.78 is 12.3. The topological polar surface area (TPSA) is 116 Å². The van der Waals surface area contributed by atoms with Crippen LogP contribution in [0.25, 0.3) is 0 Å². The molecule has 0 aliphatic rings. The maximum atomic E-state index is 12.2. The van der Waals surface area contributed by atoms with Gasteiger partial charge in [-0.1, -0.05) is 11.3 Å². The average Bonchev–Trinajstić information content (AvgIpc) is 3.05. The van der Waals surface area contributed by atoms with E-state index in [9.17, 15) is 9.59 Å². The molecule has 1 unspecified atom stereocenters. The number of hydrogen-bond acceptors (Lipinski definition) is 6. The van der Waals surface area contributed by atoms with Gasteiger partial charge < -0.3 is 19.9 Å². The summed E-state index contributed by atoms with van der Waals surface area (Å²) >= 11 is 0. The zero-order valence-electron chi connectivity index (χ0n) is 14.9. The Hall–Kier alpha value is -3.10. The molecule has 1 heterocycles. The van der Waals surface area contributed by atoms with Crippen LogP contribution in [-0.2, 0) is 11.3 Å². The number of carbonyl (C=O) groups is 2. The number of amides is 1. The van der Waals surface area contributed by atoms with E-state index in [1.807, 2.05) is 39.0 Å². The second kappa shape index (κ2) is 8.84. The Morgan fingerprint density at radius 2 is 1.92 bits per heavy atom. The number of nitrogens with one attached hydrogen (secondary N) is 1. The van der Waals surface area contributed by atoms with Gasteiger partial charge in [-0.3, -0.25) is 4.79 Å². The van der Waals surface area contributed by atoms with E-state index in [0.29, 0.717) is 24.7 Å². The van der Waals surface area contributed by atoms with Crippen LogP contribution in [-0.4, -0.2) is 45.2 Å². The van der Waals surface area contributed by atoms with Crippen molar-refractivity contribution in [1.82, 2.24) is 20.3 Å². The molecule has 0 saturated heterocycles. The normalized spacial score (nSPS) is 11.7. The van der Waals surface area contributed by atoms with Crippen LogP contribution in [0.3, 0.4) is 0 Å². The van der Waals surface area contributed by atoms with Gasteiger partial charge in [-0.2, -0.15) is 0 Å². The van der Waals surface area contributed by atoms with Crippen molar-refractivity contribution in [2.45, 2.75) is 33.4 Å². The van der Waals surface area contributed by atoms with Crippen molar-refractivity contribution in [2.75, 3.05) is 13.2 Å². The van der Waals surface area contributed by atoms with Crippen LogP contribution in [0.5, 0.6) is 11.5 Å². The molecule has 1 aromatic heterocycles. The number of aromatic carboxylic acids is 1. The van der Waals surface area contributed by atoms with Crippen LogP contribution < -0.4 is 14.8 Å². The minimum absolute atomic E-state index is 0.125. The molecule has 9 heteroatoms.